The van der Waals surface area contributed by atoms with Crippen LogP contribution in [0.1, 0.15) is 61.3 Å². The Labute approximate surface area is 208 Å². The van der Waals surface area contributed by atoms with Crippen LogP contribution in [0.5, 0.6) is 11.5 Å². The number of ether oxygens (including phenoxy) is 2. The molecule has 6 nitrogen and oxygen atoms in total. The molecule has 188 valence electrons. The van der Waals surface area contributed by atoms with Gasteiger partial charge in [-0.1, -0.05) is 32.8 Å². The van der Waals surface area contributed by atoms with Crippen molar-refractivity contribution in [2.24, 2.45) is 0 Å². The Bertz CT molecular complexity index is 912. The molecule has 0 atom stereocenters. The van der Waals surface area contributed by atoms with Gasteiger partial charge in [-0.25, -0.2) is 0 Å². The second-order valence-corrected chi connectivity index (χ2v) is 9.91. The van der Waals surface area contributed by atoms with Gasteiger partial charge in [-0.2, -0.15) is 0 Å². The van der Waals surface area contributed by atoms with Crippen LogP contribution in [0.4, 0.5) is 0 Å². The number of benzene rings is 1. The summed E-state index contributed by atoms with van der Waals surface area (Å²) in [7, 11) is 3.24. The van der Waals surface area contributed by atoms with Crippen LogP contribution >= 0.6 is 11.3 Å². The second-order valence-electron chi connectivity index (χ2n) is 8.54. The smallest absolute Gasteiger partial charge is 0.242 e. The lowest BCUT2D eigenvalue weighted by Crippen LogP contribution is -2.43. The molecule has 0 radical (unpaired) electrons. The van der Waals surface area contributed by atoms with Crippen molar-refractivity contribution < 1.29 is 19.1 Å². The molecule has 0 saturated heterocycles. The molecule has 0 aliphatic heterocycles. The van der Waals surface area contributed by atoms with Crippen LogP contribution in [0, 0.1) is 6.92 Å². The first-order chi connectivity index (χ1) is 16.4. The number of nitrogens with zero attached hydrogens (tertiary/aromatic N) is 2. The Kier molecular flexibility index (Phi) is 11.9. The van der Waals surface area contributed by atoms with Gasteiger partial charge >= 0.3 is 0 Å². The second kappa shape index (κ2) is 14.7. The average Bonchev–Trinajstić information content (AvgIpc) is 3.26. The van der Waals surface area contributed by atoms with Crippen molar-refractivity contribution in [3.63, 3.8) is 0 Å². The lowest BCUT2D eigenvalue weighted by Gasteiger charge is -2.28. The summed E-state index contributed by atoms with van der Waals surface area (Å²) in [6.45, 7) is 8.14. The summed E-state index contributed by atoms with van der Waals surface area (Å²) in [6.07, 6.45) is 4.91. The normalized spacial score (nSPS) is 10.7. The summed E-state index contributed by atoms with van der Waals surface area (Å²) >= 11 is 1.71. The molecule has 0 N–H and O–H groups in total. The van der Waals surface area contributed by atoms with Crippen LogP contribution in [-0.4, -0.2) is 55.5 Å². The molecule has 0 aliphatic rings. The van der Waals surface area contributed by atoms with Crippen molar-refractivity contribution in [2.45, 2.75) is 65.8 Å². The predicted molar refractivity (Wildman–Crippen MR) is 139 cm³/mol. The average molecular weight is 489 g/mol. The van der Waals surface area contributed by atoms with Gasteiger partial charge in [0.15, 0.2) is 11.5 Å². The molecule has 0 unspecified atom stereocenters. The molecule has 0 bridgehead atoms. The third-order valence-corrected chi connectivity index (χ3v) is 6.80. The Hall–Kier alpha value is -2.54. The lowest BCUT2D eigenvalue weighted by molar-refractivity contribution is -0.141. The Balaban J connectivity index is 2.16. The Morgan fingerprint density at radius 1 is 0.882 bits per heavy atom. The molecule has 1 aromatic carbocycles. The monoisotopic (exact) mass is 488 g/mol. The van der Waals surface area contributed by atoms with Gasteiger partial charge in [-0.15, -0.1) is 11.3 Å². The summed E-state index contributed by atoms with van der Waals surface area (Å²) in [5, 5.41) is 0. The molecule has 0 aliphatic carbocycles. The lowest BCUT2D eigenvalue weighted by atomic mass is 10.1. The van der Waals surface area contributed by atoms with Crippen LogP contribution in [0.25, 0.3) is 0 Å². The van der Waals surface area contributed by atoms with Crippen molar-refractivity contribution >= 4 is 23.2 Å². The van der Waals surface area contributed by atoms with E-state index in [2.05, 4.69) is 32.9 Å². The number of unbranched alkanes of at least 4 members (excludes halogenated alkanes) is 2. The molecule has 1 aromatic heterocycles. The summed E-state index contributed by atoms with van der Waals surface area (Å²) < 4.78 is 10.8. The fraction of sp³-hybridized carbons (Fsp3) is 0.556. The molecule has 2 aromatic rings. The number of thiophene rings is 1. The number of carbonyl (C=O) groups is 2. The maximum Gasteiger partial charge on any atom is 0.242 e. The molecule has 0 fully saturated rings. The zero-order chi connectivity index (χ0) is 24.9. The van der Waals surface area contributed by atoms with Gasteiger partial charge in [0.25, 0.3) is 0 Å². The molecule has 0 spiro atoms. The van der Waals surface area contributed by atoms with Crippen LogP contribution < -0.4 is 9.47 Å². The Morgan fingerprint density at radius 2 is 1.62 bits per heavy atom. The minimum Gasteiger partial charge on any atom is -0.493 e. The van der Waals surface area contributed by atoms with E-state index in [1.54, 1.807) is 30.5 Å². The molecule has 0 saturated carbocycles. The summed E-state index contributed by atoms with van der Waals surface area (Å²) in [5.74, 6) is 1.44. The molecule has 1 heterocycles. The maximum absolute atomic E-state index is 13.4. The highest BCUT2D eigenvalue weighted by molar-refractivity contribution is 7.11. The van der Waals surface area contributed by atoms with E-state index in [0.717, 1.165) is 36.1 Å². The van der Waals surface area contributed by atoms with E-state index in [1.165, 1.54) is 4.88 Å². The minimum atomic E-state index is -0.00696. The van der Waals surface area contributed by atoms with Crippen LogP contribution in [0.2, 0.25) is 0 Å². The molecule has 34 heavy (non-hydrogen) atoms. The molecular weight excluding hydrogens is 448 g/mol. The first kappa shape index (κ1) is 27.7. The molecule has 7 heteroatoms. The van der Waals surface area contributed by atoms with E-state index in [4.69, 9.17) is 9.47 Å². The summed E-state index contributed by atoms with van der Waals surface area (Å²) in [4.78, 5) is 32.2. The van der Waals surface area contributed by atoms with Crippen LogP contribution in [0.15, 0.2) is 30.3 Å². The van der Waals surface area contributed by atoms with Crippen LogP contribution in [0.3, 0.4) is 0 Å². The van der Waals surface area contributed by atoms with Gasteiger partial charge < -0.3 is 19.3 Å². The third-order valence-electron chi connectivity index (χ3n) is 5.82. The largest absolute Gasteiger partial charge is 0.493 e. The highest BCUT2D eigenvalue weighted by Gasteiger charge is 2.21. The standard InChI is InChI=1S/C27H40N2O4S/c1-6-8-10-26(30)28(16-9-7-2)20-27(31)29(19-23-13-11-21(3)34-23)17-15-22-12-14-24(32-4)25(18-22)33-5/h11-14,18H,6-10,15-17,19-20H2,1-5H3. The topological polar surface area (TPSA) is 59.1 Å². The fourth-order valence-corrected chi connectivity index (χ4v) is 4.65. The SMILES string of the molecule is CCCCC(=O)N(CCCC)CC(=O)N(CCc1ccc(OC)c(OC)c1)Cc1ccc(C)s1. The quantitative estimate of drug-likeness (QED) is 0.334. The number of hydrogen-bond acceptors (Lipinski definition) is 5. The van der Waals surface area contributed by atoms with Crippen molar-refractivity contribution in [1.82, 2.24) is 9.80 Å². The molecule has 2 amide bonds. The summed E-state index contributed by atoms with van der Waals surface area (Å²) in [6, 6.07) is 10.0. The Morgan fingerprint density at radius 3 is 2.24 bits per heavy atom. The van der Waals surface area contributed by atoms with E-state index < -0.39 is 0 Å². The number of amides is 2. The van der Waals surface area contributed by atoms with Crippen molar-refractivity contribution in [1.29, 1.82) is 0 Å². The third kappa shape index (κ3) is 8.67. The zero-order valence-corrected chi connectivity index (χ0v) is 22.2. The van der Waals surface area contributed by atoms with Gasteiger partial charge in [0.2, 0.25) is 11.8 Å². The number of aryl methyl sites for hydroxylation is 1. The highest BCUT2D eigenvalue weighted by Crippen LogP contribution is 2.28. The van der Waals surface area contributed by atoms with E-state index >= 15 is 0 Å². The van der Waals surface area contributed by atoms with Crippen LogP contribution in [-0.2, 0) is 22.6 Å². The number of rotatable bonds is 15. The molecule has 2 rings (SSSR count). The predicted octanol–water partition coefficient (Wildman–Crippen LogP) is 5.46. The van der Waals surface area contributed by atoms with Gasteiger partial charge in [0.05, 0.1) is 27.3 Å². The first-order valence-corrected chi connectivity index (χ1v) is 13.0. The van der Waals surface area contributed by atoms with Gasteiger partial charge in [0, 0.05) is 29.3 Å². The molecular formula is C27H40N2O4S. The zero-order valence-electron chi connectivity index (χ0n) is 21.4. The van der Waals surface area contributed by atoms with E-state index in [9.17, 15) is 9.59 Å². The van der Waals surface area contributed by atoms with E-state index in [-0.39, 0.29) is 18.4 Å². The fourth-order valence-electron chi connectivity index (χ4n) is 3.74. The van der Waals surface area contributed by atoms with Gasteiger partial charge in [-0.05, 0) is 56.0 Å². The highest BCUT2D eigenvalue weighted by atomic mass is 32.1. The number of carbonyl (C=O) groups excluding carboxylic acids is 2. The minimum absolute atomic E-state index is 0.00696. The number of methoxy groups -OCH3 is 2. The summed E-state index contributed by atoms with van der Waals surface area (Å²) in [5.41, 5.74) is 1.07. The maximum atomic E-state index is 13.4. The van der Waals surface area contributed by atoms with Crippen molar-refractivity contribution in [3.05, 3.63) is 45.6 Å². The first-order valence-electron chi connectivity index (χ1n) is 12.2. The number of hydrogen-bond donors (Lipinski definition) is 0. The van der Waals surface area contributed by atoms with Gasteiger partial charge in [0.1, 0.15) is 0 Å². The van der Waals surface area contributed by atoms with Gasteiger partial charge in [-0.3, -0.25) is 9.59 Å². The van der Waals surface area contributed by atoms with Crippen molar-refractivity contribution in [2.75, 3.05) is 33.9 Å². The van der Waals surface area contributed by atoms with E-state index in [0.29, 0.717) is 44.0 Å². The van der Waals surface area contributed by atoms with Crippen molar-refractivity contribution in [3.8, 4) is 11.5 Å². The van der Waals surface area contributed by atoms with E-state index in [1.807, 2.05) is 23.1 Å².